The number of hydrogen-bond donors (Lipinski definition) is 2. The lowest BCUT2D eigenvalue weighted by Gasteiger charge is -2.21. The Bertz CT molecular complexity index is 1510. The summed E-state index contributed by atoms with van der Waals surface area (Å²) in [5.74, 6) is -1.48. The molecule has 0 aromatic heterocycles. The topological polar surface area (TPSA) is 155 Å². The first-order valence-electron chi connectivity index (χ1n) is 31.2. The van der Waals surface area contributed by atoms with Crippen molar-refractivity contribution >= 4 is 25.7 Å². The number of aliphatic hydroxyl groups excluding tert-OH is 1. The monoisotopic (exact) mass is 1090 g/mol. The van der Waals surface area contributed by atoms with E-state index in [0.717, 1.165) is 89.9 Å². The number of unbranched alkanes of at least 4 members (excludes halogenated alkanes) is 31. The van der Waals surface area contributed by atoms with Gasteiger partial charge in [0.2, 0.25) is 0 Å². The van der Waals surface area contributed by atoms with Crippen LogP contribution in [0.2, 0.25) is 0 Å². The van der Waals surface area contributed by atoms with Crippen LogP contribution in [-0.2, 0) is 42.2 Å². The van der Waals surface area contributed by atoms with Crippen LogP contribution in [0, 0.1) is 0 Å². The molecule has 442 valence electrons. The van der Waals surface area contributed by atoms with Gasteiger partial charge >= 0.3 is 25.7 Å². The Morgan fingerprint density at radius 1 is 0.382 bits per heavy atom. The fourth-order valence-electron chi connectivity index (χ4n) is 8.70. The average molecular weight is 1090 g/mol. The maximum atomic E-state index is 12.9. The van der Waals surface area contributed by atoms with Crippen LogP contribution >= 0.6 is 7.82 Å². The smallest absolute Gasteiger partial charge is 0.462 e. The SMILES string of the molecule is CC/C=C\C/C=C\C/C=C\C/C=C\CCCCCCC(=O)OCC(COP(=O)(O)OCC(CO)OC(=O)CCCCCCCCCCCCCCC)OC(=O)CCCCCCCCCCC/C=C\CCCCCCCC. The van der Waals surface area contributed by atoms with Gasteiger partial charge in [-0.3, -0.25) is 23.4 Å². The van der Waals surface area contributed by atoms with E-state index in [2.05, 4.69) is 81.5 Å². The first kappa shape index (κ1) is 73.2. The molecule has 0 heterocycles. The van der Waals surface area contributed by atoms with Crippen LogP contribution < -0.4 is 0 Å². The lowest BCUT2D eigenvalue weighted by Crippen LogP contribution is -2.30. The van der Waals surface area contributed by atoms with Crippen molar-refractivity contribution in [1.82, 2.24) is 0 Å². The summed E-state index contributed by atoms with van der Waals surface area (Å²) in [6.07, 6.45) is 64.6. The Hall–Kier alpha value is -2.82. The summed E-state index contributed by atoms with van der Waals surface area (Å²) in [7, 11) is -4.75. The van der Waals surface area contributed by atoms with Gasteiger partial charge in [-0.2, -0.15) is 0 Å². The van der Waals surface area contributed by atoms with Crippen LogP contribution in [0.15, 0.2) is 60.8 Å². The van der Waals surface area contributed by atoms with Crippen molar-refractivity contribution < 1.29 is 52.2 Å². The predicted octanol–water partition coefficient (Wildman–Crippen LogP) is 18.7. The first-order valence-corrected chi connectivity index (χ1v) is 32.7. The number of rotatable bonds is 58. The fraction of sp³-hybridized carbons (Fsp3) is 0.797. The van der Waals surface area contributed by atoms with Gasteiger partial charge in [-0.05, 0) is 83.5 Å². The van der Waals surface area contributed by atoms with Crippen molar-refractivity contribution in [2.75, 3.05) is 26.4 Å². The van der Waals surface area contributed by atoms with Crippen LogP contribution in [0.1, 0.15) is 290 Å². The largest absolute Gasteiger partial charge is 0.472 e. The Morgan fingerprint density at radius 2 is 0.684 bits per heavy atom. The van der Waals surface area contributed by atoms with Gasteiger partial charge < -0.3 is 24.2 Å². The van der Waals surface area contributed by atoms with E-state index >= 15 is 0 Å². The number of phosphoric ester groups is 1. The first-order chi connectivity index (χ1) is 37.2. The standard InChI is InChI=1S/C64H115O11P/c1-4-7-10-13-16-19-22-25-27-29-30-32-34-37-40-43-46-49-52-55-64(68)75-61(57-71-62(66)53-50-47-44-41-38-36-33-31-28-26-23-20-17-14-11-8-5-2)59-73-76(69,70)72-58-60(56-65)74-63(67)54-51-48-45-42-39-35-24-21-18-15-12-9-6-3/h8,11,17,20,25-28,33,36,60-61,65H,4-7,9-10,12-16,18-19,21-24,29-32,34-35,37-59H2,1-3H3,(H,69,70)/b11-8-,20-17-,27-25-,28-26-,36-33-. The van der Waals surface area contributed by atoms with Crippen LogP contribution in [0.3, 0.4) is 0 Å². The molecule has 0 bridgehead atoms. The third kappa shape index (κ3) is 55.9. The lowest BCUT2D eigenvalue weighted by molar-refractivity contribution is -0.161. The van der Waals surface area contributed by atoms with E-state index in [-0.39, 0.29) is 25.9 Å². The minimum absolute atomic E-state index is 0.161. The molecule has 0 amide bonds. The molecule has 0 aliphatic rings. The summed E-state index contributed by atoms with van der Waals surface area (Å²) in [4.78, 5) is 48.7. The summed E-state index contributed by atoms with van der Waals surface area (Å²) in [5.41, 5.74) is 0. The van der Waals surface area contributed by atoms with Crippen molar-refractivity contribution in [3.63, 3.8) is 0 Å². The second-order valence-corrected chi connectivity index (χ2v) is 22.3. The number of phosphoric acid groups is 1. The molecule has 0 aromatic carbocycles. The molecular formula is C64H115O11P. The highest BCUT2D eigenvalue weighted by Crippen LogP contribution is 2.43. The van der Waals surface area contributed by atoms with Gasteiger partial charge in [0.1, 0.15) is 12.7 Å². The molecular weight excluding hydrogens is 976 g/mol. The molecule has 0 rings (SSSR count). The van der Waals surface area contributed by atoms with Crippen LogP contribution in [-0.4, -0.2) is 66.5 Å². The van der Waals surface area contributed by atoms with E-state index in [1.807, 2.05) is 0 Å². The number of hydrogen-bond acceptors (Lipinski definition) is 10. The van der Waals surface area contributed by atoms with Gasteiger partial charge in [-0.1, -0.05) is 248 Å². The predicted molar refractivity (Wildman–Crippen MR) is 316 cm³/mol. The Morgan fingerprint density at radius 3 is 1.07 bits per heavy atom. The van der Waals surface area contributed by atoms with Gasteiger partial charge in [0.05, 0.1) is 19.8 Å². The second kappa shape index (κ2) is 58.3. The van der Waals surface area contributed by atoms with Crippen molar-refractivity contribution in [2.45, 2.75) is 303 Å². The molecule has 2 N–H and O–H groups in total. The second-order valence-electron chi connectivity index (χ2n) is 20.8. The average Bonchev–Trinajstić information content (AvgIpc) is 3.41. The zero-order chi connectivity index (χ0) is 55.5. The van der Waals surface area contributed by atoms with Gasteiger partial charge in [-0.25, -0.2) is 4.57 Å². The lowest BCUT2D eigenvalue weighted by atomic mass is 10.0. The molecule has 0 saturated heterocycles. The molecule has 12 heteroatoms. The number of ether oxygens (including phenoxy) is 3. The van der Waals surface area contributed by atoms with Crippen LogP contribution in [0.25, 0.3) is 0 Å². The van der Waals surface area contributed by atoms with E-state index in [0.29, 0.717) is 19.3 Å². The summed E-state index contributed by atoms with van der Waals surface area (Å²) in [6, 6.07) is 0. The van der Waals surface area contributed by atoms with Gasteiger partial charge in [0, 0.05) is 19.3 Å². The molecule has 0 radical (unpaired) electrons. The van der Waals surface area contributed by atoms with E-state index in [9.17, 15) is 28.9 Å². The molecule has 3 unspecified atom stereocenters. The maximum absolute atomic E-state index is 12.9. The van der Waals surface area contributed by atoms with Gasteiger partial charge in [-0.15, -0.1) is 0 Å². The summed E-state index contributed by atoms with van der Waals surface area (Å²) < 4.78 is 39.6. The maximum Gasteiger partial charge on any atom is 0.472 e. The minimum Gasteiger partial charge on any atom is -0.462 e. The molecule has 11 nitrogen and oxygen atoms in total. The number of aliphatic hydroxyl groups is 1. The highest BCUT2D eigenvalue weighted by Gasteiger charge is 2.28. The Labute approximate surface area is 465 Å². The fourth-order valence-corrected chi connectivity index (χ4v) is 9.48. The van der Waals surface area contributed by atoms with E-state index < -0.39 is 57.8 Å². The number of allylic oxidation sites excluding steroid dienone is 10. The van der Waals surface area contributed by atoms with E-state index in [1.165, 1.54) is 141 Å². The molecule has 0 aromatic rings. The minimum atomic E-state index is -4.75. The summed E-state index contributed by atoms with van der Waals surface area (Å²) in [5, 5.41) is 9.83. The molecule has 0 spiro atoms. The Balaban J connectivity index is 4.73. The van der Waals surface area contributed by atoms with E-state index in [4.69, 9.17) is 23.3 Å². The third-order valence-corrected chi connectivity index (χ3v) is 14.4. The summed E-state index contributed by atoms with van der Waals surface area (Å²) in [6.45, 7) is 4.54. The quantitative estimate of drug-likeness (QED) is 0.0197. The van der Waals surface area contributed by atoms with Crippen LogP contribution in [0.5, 0.6) is 0 Å². The number of esters is 3. The normalized spacial score (nSPS) is 13.7. The zero-order valence-corrected chi connectivity index (χ0v) is 49.9. The van der Waals surface area contributed by atoms with E-state index in [1.54, 1.807) is 0 Å². The molecule has 0 aliphatic heterocycles. The highest BCUT2D eigenvalue weighted by molar-refractivity contribution is 7.47. The van der Waals surface area contributed by atoms with Crippen molar-refractivity contribution in [3.05, 3.63) is 60.8 Å². The van der Waals surface area contributed by atoms with Crippen molar-refractivity contribution in [3.8, 4) is 0 Å². The van der Waals surface area contributed by atoms with Gasteiger partial charge in [0.15, 0.2) is 6.10 Å². The zero-order valence-electron chi connectivity index (χ0n) is 49.0. The number of carbonyl (C=O) groups excluding carboxylic acids is 3. The summed E-state index contributed by atoms with van der Waals surface area (Å²) >= 11 is 0. The molecule has 3 atom stereocenters. The number of carbonyl (C=O) groups is 3. The molecule has 0 fully saturated rings. The molecule has 76 heavy (non-hydrogen) atoms. The molecule has 0 aliphatic carbocycles. The third-order valence-electron chi connectivity index (χ3n) is 13.4. The van der Waals surface area contributed by atoms with Crippen molar-refractivity contribution in [2.24, 2.45) is 0 Å². The van der Waals surface area contributed by atoms with Crippen molar-refractivity contribution in [1.29, 1.82) is 0 Å². The molecule has 0 saturated carbocycles. The highest BCUT2D eigenvalue weighted by atomic mass is 31.2. The van der Waals surface area contributed by atoms with Gasteiger partial charge in [0.25, 0.3) is 0 Å². The van der Waals surface area contributed by atoms with Crippen LogP contribution in [0.4, 0.5) is 0 Å². The Kier molecular flexibility index (Phi) is 56.2.